The van der Waals surface area contributed by atoms with Gasteiger partial charge in [0, 0.05) is 17.8 Å². The maximum atomic E-state index is 3.69. The molecular formula is C17H26BrN. The van der Waals surface area contributed by atoms with Gasteiger partial charge in [-0.15, -0.1) is 0 Å². The lowest BCUT2D eigenvalue weighted by atomic mass is 9.86. The predicted molar refractivity (Wildman–Crippen MR) is 87.0 cm³/mol. The van der Waals surface area contributed by atoms with E-state index in [1.54, 1.807) is 0 Å². The van der Waals surface area contributed by atoms with Gasteiger partial charge < -0.3 is 4.90 Å². The van der Waals surface area contributed by atoms with E-state index in [-0.39, 0.29) is 0 Å². The van der Waals surface area contributed by atoms with Crippen LogP contribution in [-0.2, 0) is 0 Å². The molecule has 1 aromatic rings. The van der Waals surface area contributed by atoms with Crippen molar-refractivity contribution in [1.82, 2.24) is 4.90 Å². The highest BCUT2D eigenvalue weighted by Gasteiger charge is 2.23. The maximum Gasteiger partial charge on any atom is 0.0112 e. The molecule has 0 N–H and O–H groups in total. The van der Waals surface area contributed by atoms with Crippen LogP contribution in [0.5, 0.6) is 0 Å². The van der Waals surface area contributed by atoms with Crippen molar-refractivity contribution in [3.05, 3.63) is 35.9 Å². The Balaban J connectivity index is 1.87. The molecule has 2 heteroatoms. The predicted octanol–water partition coefficient (Wildman–Crippen LogP) is 4.53. The fourth-order valence-electron chi connectivity index (χ4n) is 3.08. The van der Waals surface area contributed by atoms with Gasteiger partial charge in [0.1, 0.15) is 0 Å². The smallest absolute Gasteiger partial charge is 0.0112 e. The van der Waals surface area contributed by atoms with Gasteiger partial charge in [0.05, 0.1) is 0 Å². The molecular weight excluding hydrogens is 298 g/mol. The van der Waals surface area contributed by atoms with Gasteiger partial charge >= 0.3 is 0 Å². The Morgan fingerprint density at radius 2 is 1.79 bits per heavy atom. The molecule has 0 aliphatic carbocycles. The largest absolute Gasteiger partial charge is 0.303 e. The first-order chi connectivity index (χ1) is 9.20. The number of likely N-dealkylation sites (tertiary alicyclic amines) is 1. The first-order valence-corrected chi connectivity index (χ1v) is 8.66. The van der Waals surface area contributed by atoms with Crippen molar-refractivity contribution in [3.63, 3.8) is 0 Å². The Morgan fingerprint density at radius 3 is 2.32 bits per heavy atom. The van der Waals surface area contributed by atoms with E-state index in [1.807, 2.05) is 0 Å². The van der Waals surface area contributed by atoms with E-state index in [2.05, 4.69) is 65.0 Å². The summed E-state index contributed by atoms with van der Waals surface area (Å²) in [4.78, 5) is 2.65. The van der Waals surface area contributed by atoms with Crippen LogP contribution in [-0.4, -0.2) is 29.9 Å². The number of piperidine rings is 1. The summed E-state index contributed by atoms with van der Waals surface area (Å²) in [5.74, 6) is 2.41. The van der Waals surface area contributed by atoms with Crippen LogP contribution in [0.2, 0.25) is 0 Å². The minimum Gasteiger partial charge on any atom is -0.303 e. The summed E-state index contributed by atoms with van der Waals surface area (Å²) in [7, 11) is 0. The van der Waals surface area contributed by atoms with Crippen LogP contribution >= 0.6 is 15.9 Å². The molecule has 1 aliphatic heterocycles. The molecule has 1 nitrogen and oxygen atoms in total. The third-order valence-corrected chi connectivity index (χ3v) is 5.29. The first kappa shape index (κ1) is 15.1. The van der Waals surface area contributed by atoms with Crippen LogP contribution in [0.4, 0.5) is 0 Å². The summed E-state index contributed by atoms with van der Waals surface area (Å²) < 4.78 is 0. The standard InChI is InChI=1S/C17H26BrN/c1-14(2)15-8-10-19(11-9-15)13-17(12-18)16-6-4-3-5-7-16/h3-7,14-15,17H,8-13H2,1-2H3. The molecule has 1 atom stereocenters. The van der Waals surface area contributed by atoms with Crippen molar-refractivity contribution >= 4 is 15.9 Å². The Labute approximate surface area is 126 Å². The third kappa shape index (κ3) is 4.32. The first-order valence-electron chi connectivity index (χ1n) is 7.54. The van der Waals surface area contributed by atoms with Crippen LogP contribution in [0.1, 0.15) is 38.2 Å². The summed E-state index contributed by atoms with van der Waals surface area (Å²) in [5.41, 5.74) is 1.46. The molecule has 2 rings (SSSR count). The Hall–Kier alpha value is -0.340. The molecule has 19 heavy (non-hydrogen) atoms. The van der Waals surface area contributed by atoms with E-state index in [1.165, 1.54) is 38.0 Å². The second kappa shape index (κ2) is 7.44. The molecule has 1 saturated heterocycles. The third-order valence-electron chi connectivity index (χ3n) is 4.51. The highest BCUT2D eigenvalue weighted by molar-refractivity contribution is 9.09. The fraction of sp³-hybridized carbons (Fsp3) is 0.647. The van der Waals surface area contributed by atoms with Crippen molar-refractivity contribution in [1.29, 1.82) is 0 Å². The van der Waals surface area contributed by atoms with Gasteiger partial charge in [-0.1, -0.05) is 60.1 Å². The second-order valence-corrected chi connectivity index (χ2v) is 6.79. The monoisotopic (exact) mass is 323 g/mol. The zero-order valence-corrected chi connectivity index (χ0v) is 13.8. The summed E-state index contributed by atoms with van der Waals surface area (Å²) in [5, 5.41) is 1.06. The molecule has 0 spiro atoms. The number of nitrogens with zero attached hydrogens (tertiary/aromatic N) is 1. The molecule has 0 aromatic heterocycles. The number of alkyl halides is 1. The summed E-state index contributed by atoms with van der Waals surface area (Å²) in [6.45, 7) is 8.48. The van der Waals surface area contributed by atoms with Crippen molar-refractivity contribution in [2.45, 2.75) is 32.6 Å². The molecule has 0 saturated carbocycles. The van der Waals surface area contributed by atoms with Gasteiger partial charge in [-0.25, -0.2) is 0 Å². The van der Waals surface area contributed by atoms with E-state index in [9.17, 15) is 0 Å². The SMILES string of the molecule is CC(C)C1CCN(CC(CBr)c2ccccc2)CC1. The lowest BCUT2D eigenvalue weighted by Gasteiger charge is -2.35. The van der Waals surface area contributed by atoms with E-state index >= 15 is 0 Å². The van der Waals surface area contributed by atoms with Gasteiger partial charge in [0.15, 0.2) is 0 Å². The highest BCUT2D eigenvalue weighted by atomic mass is 79.9. The molecule has 1 aromatic carbocycles. The van der Waals surface area contributed by atoms with E-state index in [0.717, 1.165) is 17.2 Å². The van der Waals surface area contributed by atoms with Crippen LogP contribution in [0.3, 0.4) is 0 Å². The average molecular weight is 324 g/mol. The molecule has 0 amide bonds. The molecule has 106 valence electrons. The van der Waals surface area contributed by atoms with Crippen molar-refractivity contribution in [3.8, 4) is 0 Å². The number of hydrogen-bond acceptors (Lipinski definition) is 1. The van der Waals surface area contributed by atoms with Crippen LogP contribution in [0.15, 0.2) is 30.3 Å². The molecule has 1 unspecified atom stereocenters. The van der Waals surface area contributed by atoms with Gasteiger partial charge in [0.25, 0.3) is 0 Å². The zero-order chi connectivity index (χ0) is 13.7. The average Bonchev–Trinajstić information content (AvgIpc) is 2.46. The topological polar surface area (TPSA) is 3.24 Å². The van der Waals surface area contributed by atoms with E-state index < -0.39 is 0 Å². The quantitative estimate of drug-likeness (QED) is 0.719. The Morgan fingerprint density at radius 1 is 1.16 bits per heavy atom. The van der Waals surface area contributed by atoms with Gasteiger partial charge in [-0.05, 0) is 43.3 Å². The summed E-state index contributed by atoms with van der Waals surface area (Å²) in [6, 6.07) is 10.9. The fourth-order valence-corrected chi connectivity index (χ4v) is 3.66. The molecule has 1 fully saturated rings. The molecule has 0 bridgehead atoms. The van der Waals surface area contributed by atoms with E-state index in [0.29, 0.717) is 5.92 Å². The van der Waals surface area contributed by atoms with Crippen LogP contribution < -0.4 is 0 Å². The summed E-state index contributed by atoms with van der Waals surface area (Å²) in [6.07, 6.45) is 2.75. The highest BCUT2D eigenvalue weighted by Crippen LogP contribution is 2.27. The number of rotatable bonds is 5. The summed E-state index contributed by atoms with van der Waals surface area (Å²) >= 11 is 3.69. The zero-order valence-electron chi connectivity index (χ0n) is 12.2. The van der Waals surface area contributed by atoms with Crippen molar-refractivity contribution in [2.75, 3.05) is 25.0 Å². The lowest BCUT2D eigenvalue weighted by Crippen LogP contribution is -2.38. The number of benzene rings is 1. The molecule has 0 radical (unpaired) electrons. The lowest BCUT2D eigenvalue weighted by molar-refractivity contribution is 0.153. The maximum absolute atomic E-state index is 3.69. The Kier molecular flexibility index (Phi) is 5.90. The van der Waals surface area contributed by atoms with Crippen LogP contribution in [0, 0.1) is 11.8 Å². The van der Waals surface area contributed by atoms with Gasteiger partial charge in [-0.2, -0.15) is 0 Å². The number of halogens is 1. The number of hydrogen-bond donors (Lipinski definition) is 0. The molecule has 1 aliphatic rings. The molecule has 1 heterocycles. The van der Waals surface area contributed by atoms with Gasteiger partial charge in [0.2, 0.25) is 0 Å². The van der Waals surface area contributed by atoms with E-state index in [4.69, 9.17) is 0 Å². The van der Waals surface area contributed by atoms with Gasteiger partial charge in [-0.3, -0.25) is 0 Å². The minimum absolute atomic E-state index is 0.622. The van der Waals surface area contributed by atoms with Crippen LogP contribution in [0.25, 0.3) is 0 Å². The Bertz CT molecular complexity index is 355. The van der Waals surface area contributed by atoms with Crippen molar-refractivity contribution < 1.29 is 0 Å². The second-order valence-electron chi connectivity index (χ2n) is 6.14. The normalized spacial score (nSPS) is 19.8. The van der Waals surface area contributed by atoms with Crippen molar-refractivity contribution in [2.24, 2.45) is 11.8 Å². The minimum atomic E-state index is 0.622.